The third kappa shape index (κ3) is 5.46. The Morgan fingerprint density at radius 1 is 1.12 bits per heavy atom. The first kappa shape index (κ1) is 23.5. The van der Waals surface area contributed by atoms with Crippen molar-refractivity contribution < 1.29 is 4.79 Å². The van der Waals surface area contributed by atoms with Gasteiger partial charge in [-0.05, 0) is 45.5 Å². The third-order valence-electron chi connectivity index (χ3n) is 7.11. The highest BCUT2D eigenvalue weighted by Gasteiger charge is 2.29. The number of amides is 1. The molecule has 178 valence electrons. The second-order valence-corrected chi connectivity index (χ2v) is 9.75. The first-order valence-electron chi connectivity index (χ1n) is 12.3. The zero-order chi connectivity index (χ0) is 23.4. The van der Waals surface area contributed by atoms with E-state index >= 15 is 0 Å². The molecule has 7 heteroatoms. The lowest BCUT2D eigenvalue weighted by molar-refractivity contribution is 0.0742. The number of likely N-dealkylation sites (N-methyl/N-ethyl adjacent to an activating group) is 1. The number of rotatable bonds is 7. The predicted octanol–water partition coefficient (Wildman–Crippen LogP) is 2.81. The maximum atomic E-state index is 13.7. The van der Waals surface area contributed by atoms with Crippen LogP contribution in [0.2, 0.25) is 0 Å². The summed E-state index contributed by atoms with van der Waals surface area (Å²) in [7, 11) is 4.11. The van der Waals surface area contributed by atoms with E-state index in [-0.39, 0.29) is 11.3 Å². The van der Waals surface area contributed by atoms with Crippen LogP contribution in [0.3, 0.4) is 0 Å². The monoisotopic (exact) mass is 451 g/mol. The van der Waals surface area contributed by atoms with Crippen LogP contribution in [0.4, 0.5) is 5.82 Å². The molecule has 33 heavy (non-hydrogen) atoms. The molecule has 1 saturated carbocycles. The van der Waals surface area contributed by atoms with Crippen LogP contribution in [-0.4, -0.2) is 72.1 Å². The Bertz CT molecular complexity index is 1000. The van der Waals surface area contributed by atoms with E-state index in [0.29, 0.717) is 24.6 Å². The molecule has 1 amide bonds. The number of carbonyl (C=O) groups is 1. The number of nitrogens with zero attached hydrogens (tertiary/aromatic N) is 5. The van der Waals surface area contributed by atoms with Crippen molar-refractivity contribution in [3.63, 3.8) is 0 Å². The Hall–Kier alpha value is -2.67. The fraction of sp³-hybridized carbons (Fsp3) is 0.577. The summed E-state index contributed by atoms with van der Waals surface area (Å²) < 4.78 is 2.23. The van der Waals surface area contributed by atoms with Gasteiger partial charge in [0.25, 0.3) is 5.91 Å². The molecule has 2 aromatic heterocycles. The van der Waals surface area contributed by atoms with Gasteiger partial charge in [-0.25, -0.2) is 4.98 Å². The Kier molecular flexibility index (Phi) is 7.48. The van der Waals surface area contributed by atoms with Crippen molar-refractivity contribution in [1.29, 1.82) is 0 Å². The number of pyridine rings is 2. The van der Waals surface area contributed by atoms with Crippen LogP contribution in [0.5, 0.6) is 0 Å². The van der Waals surface area contributed by atoms with Crippen molar-refractivity contribution in [3.05, 3.63) is 57.6 Å². The molecule has 2 aromatic rings. The van der Waals surface area contributed by atoms with Crippen molar-refractivity contribution in [3.8, 4) is 0 Å². The van der Waals surface area contributed by atoms with Gasteiger partial charge in [-0.1, -0.05) is 31.7 Å². The molecule has 0 atom stereocenters. The molecule has 0 spiro atoms. The highest BCUT2D eigenvalue weighted by molar-refractivity contribution is 5.95. The largest absolute Gasteiger partial charge is 0.353 e. The molecule has 1 aliphatic carbocycles. The Balaban J connectivity index is 1.60. The normalized spacial score (nSPS) is 17.2. The van der Waals surface area contributed by atoms with E-state index in [0.717, 1.165) is 49.8 Å². The van der Waals surface area contributed by atoms with E-state index in [1.807, 2.05) is 30.0 Å². The number of aryl methyl sites for hydroxylation is 1. The van der Waals surface area contributed by atoms with Crippen LogP contribution >= 0.6 is 0 Å². The van der Waals surface area contributed by atoms with Crippen molar-refractivity contribution >= 4 is 11.7 Å². The van der Waals surface area contributed by atoms with Crippen LogP contribution in [0.1, 0.15) is 47.4 Å². The summed E-state index contributed by atoms with van der Waals surface area (Å²) in [5, 5.41) is 0. The van der Waals surface area contributed by atoms with E-state index in [1.165, 1.54) is 25.7 Å². The zero-order valence-corrected chi connectivity index (χ0v) is 20.3. The molecule has 0 unspecified atom stereocenters. The van der Waals surface area contributed by atoms with Crippen LogP contribution < -0.4 is 10.3 Å². The van der Waals surface area contributed by atoms with Crippen molar-refractivity contribution in [2.75, 3.05) is 51.7 Å². The molecule has 0 bridgehead atoms. The molecule has 2 fully saturated rings. The number of piperazine rings is 1. The van der Waals surface area contributed by atoms with Crippen LogP contribution in [-0.2, 0) is 13.0 Å². The third-order valence-corrected chi connectivity index (χ3v) is 7.11. The molecule has 1 saturated heterocycles. The van der Waals surface area contributed by atoms with E-state index < -0.39 is 0 Å². The smallest absolute Gasteiger partial charge is 0.259 e. The van der Waals surface area contributed by atoms with E-state index in [2.05, 4.69) is 33.4 Å². The van der Waals surface area contributed by atoms with Gasteiger partial charge in [0, 0.05) is 62.9 Å². The zero-order valence-electron chi connectivity index (χ0n) is 20.3. The van der Waals surface area contributed by atoms with Crippen molar-refractivity contribution in [1.82, 2.24) is 19.4 Å². The molecule has 0 aromatic carbocycles. The Morgan fingerprint density at radius 3 is 2.48 bits per heavy atom. The number of aromatic nitrogens is 2. The predicted molar refractivity (Wildman–Crippen MR) is 132 cm³/mol. The van der Waals surface area contributed by atoms with Gasteiger partial charge in [-0.2, -0.15) is 0 Å². The fourth-order valence-electron chi connectivity index (χ4n) is 5.21. The van der Waals surface area contributed by atoms with Gasteiger partial charge in [-0.15, -0.1) is 0 Å². The van der Waals surface area contributed by atoms with Gasteiger partial charge in [0.15, 0.2) is 5.43 Å². The number of hydrogen-bond acceptors (Lipinski definition) is 5. The highest BCUT2D eigenvalue weighted by atomic mass is 16.2. The van der Waals surface area contributed by atoms with Gasteiger partial charge < -0.3 is 19.3 Å². The van der Waals surface area contributed by atoms with Crippen LogP contribution in [0.25, 0.3) is 0 Å². The van der Waals surface area contributed by atoms with Gasteiger partial charge in [0.05, 0.1) is 0 Å². The summed E-state index contributed by atoms with van der Waals surface area (Å²) in [6, 6.07) is 7.55. The summed E-state index contributed by atoms with van der Waals surface area (Å²) in [4.78, 5) is 37.6. The first-order valence-corrected chi connectivity index (χ1v) is 12.3. The SMILES string of the molecule is Cc1cc(=O)c(C(=O)N2CCN(c3ccccn3)CC2)c(CC2CCCC2)n1CCN(C)C. The molecular formula is C26H37N5O2. The quantitative estimate of drug-likeness (QED) is 0.648. The summed E-state index contributed by atoms with van der Waals surface area (Å²) in [5.74, 6) is 1.39. The Morgan fingerprint density at radius 2 is 1.85 bits per heavy atom. The number of anilines is 1. The maximum absolute atomic E-state index is 13.7. The van der Waals surface area contributed by atoms with Crippen LogP contribution in [0.15, 0.2) is 35.3 Å². The molecule has 4 rings (SSSR count). The summed E-state index contributed by atoms with van der Waals surface area (Å²) >= 11 is 0. The van der Waals surface area contributed by atoms with Gasteiger partial charge in [0.2, 0.25) is 0 Å². The minimum Gasteiger partial charge on any atom is -0.353 e. The van der Waals surface area contributed by atoms with Crippen LogP contribution in [0, 0.1) is 12.8 Å². The standard InChI is InChI=1S/C26H37N5O2/c1-20-18-23(32)25(22(19-21-8-4-5-9-21)31(20)17-12-28(2)3)26(33)30-15-13-29(14-16-30)24-10-6-7-11-27-24/h6-7,10-11,18,21H,4-5,8-9,12-17,19H2,1-3H3. The summed E-state index contributed by atoms with van der Waals surface area (Å²) in [6.45, 7) is 6.30. The highest BCUT2D eigenvalue weighted by Crippen LogP contribution is 2.29. The molecule has 0 N–H and O–H groups in total. The average molecular weight is 452 g/mol. The topological polar surface area (TPSA) is 61.7 Å². The average Bonchev–Trinajstić information content (AvgIpc) is 3.32. The molecule has 7 nitrogen and oxygen atoms in total. The van der Waals surface area contributed by atoms with Crippen molar-refractivity contribution in [2.24, 2.45) is 5.92 Å². The van der Waals surface area contributed by atoms with E-state index in [9.17, 15) is 9.59 Å². The lowest BCUT2D eigenvalue weighted by atomic mass is 9.96. The van der Waals surface area contributed by atoms with Gasteiger partial charge in [-0.3, -0.25) is 9.59 Å². The lowest BCUT2D eigenvalue weighted by Crippen LogP contribution is -2.50. The molecule has 0 radical (unpaired) electrons. The second kappa shape index (κ2) is 10.5. The minimum absolute atomic E-state index is 0.104. The molecule has 2 aliphatic rings. The van der Waals surface area contributed by atoms with Gasteiger partial charge >= 0.3 is 0 Å². The number of hydrogen-bond donors (Lipinski definition) is 0. The molecule has 1 aliphatic heterocycles. The summed E-state index contributed by atoms with van der Waals surface area (Å²) in [6.07, 6.45) is 7.48. The summed E-state index contributed by atoms with van der Waals surface area (Å²) in [5.41, 5.74) is 2.17. The van der Waals surface area contributed by atoms with E-state index in [4.69, 9.17) is 0 Å². The molecular weight excluding hydrogens is 414 g/mol. The second-order valence-electron chi connectivity index (χ2n) is 9.75. The minimum atomic E-state index is -0.126. The Labute approximate surface area is 197 Å². The van der Waals surface area contributed by atoms with E-state index in [1.54, 1.807) is 12.3 Å². The number of carbonyl (C=O) groups excluding carboxylic acids is 1. The molecule has 3 heterocycles. The van der Waals surface area contributed by atoms with Gasteiger partial charge in [0.1, 0.15) is 11.4 Å². The first-order chi connectivity index (χ1) is 15.9. The lowest BCUT2D eigenvalue weighted by Gasteiger charge is -2.36. The fourth-order valence-corrected chi connectivity index (χ4v) is 5.21. The van der Waals surface area contributed by atoms with Crippen molar-refractivity contribution in [2.45, 2.75) is 45.6 Å². The maximum Gasteiger partial charge on any atom is 0.259 e.